The lowest BCUT2D eigenvalue weighted by molar-refractivity contribution is 0.467. The van der Waals surface area contributed by atoms with Crippen LogP contribution in [0.3, 0.4) is 0 Å². The highest BCUT2D eigenvalue weighted by atomic mass is 79.9. The smallest absolute Gasteiger partial charge is 0.127 e. The highest BCUT2D eigenvalue weighted by Gasteiger charge is 2.05. The molecule has 1 unspecified atom stereocenters. The van der Waals surface area contributed by atoms with E-state index < -0.39 is 0 Å². The molecule has 1 rings (SSSR count). The second kappa shape index (κ2) is 7.87. The molecular weight excluding hydrogens is 295 g/mol. The lowest BCUT2D eigenvalue weighted by Gasteiger charge is -2.16. The maximum absolute atomic E-state index is 13.5. The van der Waals surface area contributed by atoms with E-state index in [1.54, 1.807) is 6.07 Å². The summed E-state index contributed by atoms with van der Waals surface area (Å²) >= 11 is 3.35. The van der Waals surface area contributed by atoms with Crippen LogP contribution in [-0.4, -0.2) is 19.1 Å². The van der Waals surface area contributed by atoms with Crippen LogP contribution in [0.25, 0.3) is 0 Å². The molecule has 0 saturated carbocycles. The van der Waals surface area contributed by atoms with E-state index in [1.807, 2.05) is 6.07 Å². The number of nitrogens with one attached hydrogen (secondary N) is 2. The molecule has 0 saturated heterocycles. The van der Waals surface area contributed by atoms with E-state index in [0.29, 0.717) is 24.1 Å². The summed E-state index contributed by atoms with van der Waals surface area (Å²) in [6.45, 7) is 8.92. The zero-order valence-electron chi connectivity index (χ0n) is 11.3. The fourth-order valence-corrected chi connectivity index (χ4v) is 2.03. The number of rotatable bonds is 7. The highest BCUT2D eigenvalue weighted by Crippen LogP contribution is 2.15. The number of hydrogen-bond donors (Lipinski definition) is 2. The van der Waals surface area contributed by atoms with Crippen LogP contribution in [-0.2, 0) is 6.54 Å². The fraction of sp³-hybridized carbons (Fsp3) is 0.571. The Morgan fingerprint density at radius 1 is 1.22 bits per heavy atom. The van der Waals surface area contributed by atoms with Crippen LogP contribution in [0, 0.1) is 11.7 Å². The second-order valence-corrected chi connectivity index (χ2v) is 5.99. The van der Waals surface area contributed by atoms with Crippen molar-refractivity contribution in [1.29, 1.82) is 0 Å². The molecule has 0 spiro atoms. The lowest BCUT2D eigenvalue weighted by atomic mass is 10.2. The molecule has 2 nitrogen and oxygen atoms in total. The van der Waals surface area contributed by atoms with Gasteiger partial charge in [0.25, 0.3) is 0 Å². The van der Waals surface area contributed by atoms with Gasteiger partial charge in [-0.25, -0.2) is 4.39 Å². The second-order valence-electron chi connectivity index (χ2n) is 5.07. The summed E-state index contributed by atoms with van der Waals surface area (Å²) in [6.07, 6.45) is 0. The number of hydrogen-bond acceptors (Lipinski definition) is 2. The molecule has 0 fully saturated rings. The Morgan fingerprint density at radius 2 is 1.94 bits per heavy atom. The monoisotopic (exact) mass is 316 g/mol. The van der Waals surface area contributed by atoms with Gasteiger partial charge >= 0.3 is 0 Å². The van der Waals surface area contributed by atoms with Crippen LogP contribution < -0.4 is 10.6 Å². The molecule has 102 valence electrons. The Balaban J connectivity index is 2.33. The number of benzene rings is 1. The first-order valence-electron chi connectivity index (χ1n) is 6.37. The number of halogens is 2. The summed E-state index contributed by atoms with van der Waals surface area (Å²) in [5.74, 6) is 0.493. The fourth-order valence-electron chi connectivity index (χ4n) is 1.62. The summed E-state index contributed by atoms with van der Waals surface area (Å²) in [5, 5.41) is 6.70. The van der Waals surface area contributed by atoms with Gasteiger partial charge in [0.05, 0.1) is 0 Å². The van der Waals surface area contributed by atoms with E-state index in [9.17, 15) is 4.39 Å². The van der Waals surface area contributed by atoms with E-state index in [0.717, 1.165) is 17.6 Å². The molecule has 1 aromatic rings. The minimum Gasteiger partial charge on any atom is -0.315 e. The van der Waals surface area contributed by atoms with Crippen molar-refractivity contribution in [2.24, 2.45) is 5.92 Å². The van der Waals surface area contributed by atoms with Crippen molar-refractivity contribution < 1.29 is 4.39 Å². The molecular formula is C14H22BrFN2. The van der Waals surface area contributed by atoms with Crippen LogP contribution in [0.2, 0.25) is 0 Å². The van der Waals surface area contributed by atoms with E-state index in [2.05, 4.69) is 47.3 Å². The molecule has 4 heteroatoms. The van der Waals surface area contributed by atoms with Crippen molar-refractivity contribution >= 4 is 15.9 Å². The van der Waals surface area contributed by atoms with Crippen LogP contribution >= 0.6 is 15.9 Å². The molecule has 18 heavy (non-hydrogen) atoms. The third-order valence-electron chi connectivity index (χ3n) is 2.65. The van der Waals surface area contributed by atoms with Gasteiger partial charge in [0.15, 0.2) is 0 Å². The molecule has 0 aliphatic carbocycles. The maximum Gasteiger partial charge on any atom is 0.127 e. The van der Waals surface area contributed by atoms with Gasteiger partial charge in [-0.2, -0.15) is 0 Å². The minimum absolute atomic E-state index is 0.159. The van der Waals surface area contributed by atoms with Gasteiger partial charge in [-0.3, -0.25) is 0 Å². The molecule has 0 heterocycles. The van der Waals surface area contributed by atoms with Gasteiger partial charge in [-0.15, -0.1) is 0 Å². The average molecular weight is 317 g/mol. The predicted octanol–water partition coefficient (Wildman–Crippen LogP) is 3.31. The van der Waals surface area contributed by atoms with Gasteiger partial charge in [0.1, 0.15) is 5.82 Å². The van der Waals surface area contributed by atoms with Crippen molar-refractivity contribution in [3.8, 4) is 0 Å². The summed E-state index contributed by atoms with van der Waals surface area (Å²) in [6, 6.07) is 5.34. The van der Waals surface area contributed by atoms with E-state index in [-0.39, 0.29) is 5.82 Å². The average Bonchev–Trinajstić information content (AvgIpc) is 2.30. The van der Waals surface area contributed by atoms with Gasteiger partial charge in [-0.05, 0) is 37.6 Å². The highest BCUT2D eigenvalue weighted by molar-refractivity contribution is 9.10. The summed E-state index contributed by atoms with van der Waals surface area (Å²) < 4.78 is 14.4. The Bertz CT molecular complexity index is 369. The Hall–Kier alpha value is -0.450. The quantitative estimate of drug-likeness (QED) is 0.806. The Labute approximate surface area is 117 Å². The largest absolute Gasteiger partial charge is 0.315 e. The maximum atomic E-state index is 13.5. The van der Waals surface area contributed by atoms with Crippen molar-refractivity contribution in [1.82, 2.24) is 10.6 Å². The Kier molecular flexibility index (Phi) is 6.82. The lowest BCUT2D eigenvalue weighted by Crippen LogP contribution is -2.37. The predicted molar refractivity (Wildman–Crippen MR) is 78.1 cm³/mol. The van der Waals surface area contributed by atoms with Crippen LogP contribution in [0.4, 0.5) is 4.39 Å². The van der Waals surface area contributed by atoms with Crippen molar-refractivity contribution in [2.75, 3.05) is 13.1 Å². The van der Waals surface area contributed by atoms with E-state index in [1.165, 1.54) is 6.07 Å². The third-order valence-corrected chi connectivity index (χ3v) is 3.15. The minimum atomic E-state index is -0.159. The van der Waals surface area contributed by atoms with Gasteiger partial charge < -0.3 is 10.6 Å². The first kappa shape index (κ1) is 15.6. The Morgan fingerprint density at radius 3 is 2.61 bits per heavy atom. The topological polar surface area (TPSA) is 24.1 Å². The normalized spacial score (nSPS) is 13.0. The molecule has 2 N–H and O–H groups in total. The molecule has 0 aliphatic heterocycles. The summed E-state index contributed by atoms with van der Waals surface area (Å²) in [7, 11) is 0. The van der Waals surface area contributed by atoms with Gasteiger partial charge in [-0.1, -0.05) is 29.8 Å². The van der Waals surface area contributed by atoms with E-state index >= 15 is 0 Å². The standard InChI is InChI=1S/C14H22BrFN2/c1-10(2)7-17-8-11(3)18-9-12-6-13(15)4-5-14(12)16/h4-6,10-11,17-18H,7-9H2,1-3H3. The molecule has 0 bridgehead atoms. The zero-order valence-corrected chi connectivity index (χ0v) is 12.8. The summed E-state index contributed by atoms with van der Waals surface area (Å²) in [4.78, 5) is 0. The molecule has 1 aromatic carbocycles. The van der Waals surface area contributed by atoms with Gasteiger partial charge in [0.2, 0.25) is 0 Å². The molecule has 1 atom stereocenters. The van der Waals surface area contributed by atoms with Gasteiger partial charge in [0, 0.05) is 29.2 Å². The summed E-state index contributed by atoms with van der Waals surface area (Å²) in [5.41, 5.74) is 0.695. The SMILES string of the molecule is CC(C)CNCC(C)NCc1cc(Br)ccc1F. The van der Waals surface area contributed by atoms with Crippen LogP contribution in [0.5, 0.6) is 0 Å². The van der Waals surface area contributed by atoms with Crippen molar-refractivity contribution in [3.63, 3.8) is 0 Å². The molecule has 0 radical (unpaired) electrons. The third kappa shape index (κ3) is 5.94. The van der Waals surface area contributed by atoms with Crippen LogP contribution in [0.15, 0.2) is 22.7 Å². The first-order chi connectivity index (χ1) is 8.49. The molecule has 0 aromatic heterocycles. The molecule has 0 aliphatic rings. The zero-order chi connectivity index (χ0) is 13.5. The first-order valence-corrected chi connectivity index (χ1v) is 7.16. The van der Waals surface area contributed by atoms with Crippen molar-refractivity contribution in [3.05, 3.63) is 34.1 Å². The van der Waals surface area contributed by atoms with E-state index in [4.69, 9.17) is 0 Å². The molecule has 0 amide bonds. The van der Waals surface area contributed by atoms with Crippen LogP contribution in [0.1, 0.15) is 26.3 Å². The van der Waals surface area contributed by atoms with Crippen molar-refractivity contribution in [2.45, 2.75) is 33.4 Å².